The number of carbonyl (C=O) groups is 2. The summed E-state index contributed by atoms with van der Waals surface area (Å²) in [5.74, 6) is -0.158. The first-order chi connectivity index (χ1) is 14.5. The fourth-order valence-electron chi connectivity index (χ4n) is 3.18. The number of rotatable bonds is 4. The molecule has 0 atom stereocenters. The van der Waals surface area contributed by atoms with Gasteiger partial charge in [-0.3, -0.25) is 9.78 Å². The van der Waals surface area contributed by atoms with Crippen molar-refractivity contribution in [3.8, 4) is 5.75 Å². The molecule has 148 valence electrons. The molecule has 5 nitrogen and oxygen atoms in total. The Labute approximate surface area is 174 Å². The minimum Gasteiger partial charge on any atom is -0.423 e. The number of nitrogens with zero attached hydrogens (tertiary/aromatic N) is 2. The third-order valence-corrected chi connectivity index (χ3v) is 4.91. The maximum absolute atomic E-state index is 12.7. The van der Waals surface area contributed by atoms with E-state index in [1.165, 1.54) is 0 Å². The number of pyridine rings is 1. The number of aryl methyl sites for hydroxylation is 1. The van der Waals surface area contributed by atoms with Crippen molar-refractivity contribution in [1.29, 1.82) is 0 Å². The maximum atomic E-state index is 12.7. The van der Waals surface area contributed by atoms with Crippen LogP contribution in [0.5, 0.6) is 5.75 Å². The van der Waals surface area contributed by atoms with Gasteiger partial charge in [0.1, 0.15) is 5.75 Å². The molecule has 0 aliphatic heterocycles. The van der Waals surface area contributed by atoms with Gasteiger partial charge < -0.3 is 9.64 Å². The molecule has 30 heavy (non-hydrogen) atoms. The number of hydrogen-bond acceptors (Lipinski definition) is 4. The summed E-state index contributed by atoms with van der Waals surface area (Å²) in [5.41, 5.74) is 3.61. The van der Waals surface area contributed by atoms with Gasteiger partial charge in [-0.05, 0) is 55.5 Å². The molecule has 3 aromatic carbocycles. The summed E-state index contributed by atoms with van der Waals surface area (Å²) in [4.78, 5) is 31.1. The predicted molar refractivity (Wildman–Crippen MR) is 117 cm³/mol. The third-order valence-electron chi connectivity index (χ3n) is 4.91. The van der Waals surface area contributed by atoms with Crippen LogP contribution in [0.2, 0.25) is 0 Å². The number of ether oxygens (including phenoxy) is 1. The first-order valence-corrected chi connectivity index (χ1v) is 9.53. The lowest BCUT2D eigenvalue weighted by Gasteiger charge is -2.18. The summed E-state index contributed by atoms with van der Waals surface area (Å²) in [6, 6.07) is 23.4. The number of hydrogen-bond donors (Lipinski definition) is 0. The summed E-state index contributed by atoms with van der Waals surface area (Å²) in [7, 11) is 1.71. The van der Waals surface area contributed by atoms with Crippen molar-refractivity contribution in [3.05, 3.63) is 102 Å². The molecule has 0 unspecified atom stereocenters. The average Bonchev–Trinajstić information content (AvgIpc) is 2.78. The lowest BCUT2D eigenvalue weighted by Crippen LogP contribution is -2.26. The van der Waals surface area contributed by atoms with E-state index in [0.717, 1.165) is 16.5 Å². The Balaban J connectivity index is 1.50. The number of aromatic nitrogens is 1. The molecule has 0 fully saturated rings. The van der Waals surface area contributed by atoms with Gasteiger partial charge in [0.15, 0.2) is 0 Å². The third kappa shape index (κ3) is 3.91. The van der Waals surface area contributed by atoms with Crippen molar-refractivity contribution in [2.24, 2.45) is 0 Å². The summed E-state index contributed by atoms with van der Waals surface area (Å²) in [5, 5.41) is 0.741. The minimum absolute atomic E-state index is 0.108. The van der Waals surface area contributed by atoms with Gasteiger partial charge in [-0.15, -0.1) is 0 Å². The largest absolute Gasteiger partial charge is 0.423 e. The number of benzene rings is 3. The van der Waals surface area contributed by atoms with E-state index in [0.29, 0.717) is 22.6 Å². The van der Waals surface area contributed by atoms with Crippen LogP contribution in [0.25, 0.3) is 10.9 Å². The Morgan fingerprint density at radius 1 is 0.867 bits per heavy atom. The number of para-hydroxylation sites is 1. The topological polar surface area (TPSA) is 59.5 Å². The Morgan fingerprint density at radius 3 is 2.30 bits per heavy atom. The van der Waals surface area contributed by atoms with Gasteiger partial charge in [0.05, 0.1) is 11.1 Å². The van der Waals surface area contributed by atoms with Crippen LogP contribution in [-0.4, -0.2) is 23.9 Å². The highest BCUT2D eigenvalue weighted by Crippen LogP contribution is 2.23. The molecule has 0 saturated heterocycles. The zero-order valence-electron chi connectivity index (χ0n) is 16.7. The van der Waals surface area contributed by atoms with Crippen LogP contribution in [0, 0.1) is 6.92 Å². The molecular weight excluding hydrogens is 376 g/mol. The van der Waals surface area contributed by atoms with Crippen molar-refractivity contribution in [2.45, 2.75) is 6.92 Å². The summed E-state index contributed by atoms with van der Waals surface area (Å²) < 4.78 is 5.53. The quantitative estimate of drug-likeness (QED) is 0.358. The molecule has 1 amide bonds. The van der Waals surface area contributed by atoms with Gasteiger partial charge in [-0.2, -0.15) is 0 Å². The molecular formula is C25H20N2O3. The molecule has 0 aliphatic rings. The number of amides is 1. The summed E-state index contributed by atoms with van der Waals surface area (Å²) >= 11 is 0. The number of anilines is 1. The molecule has 0 saturated carbocycles. The van der Waals surface area contributed by atoms with Gasteiger partial charge >= 0.3 is 5.97 Å². The van der Waals surface area contributed by atoms with Gasteiger partial charge in [-0.1, -0.05) is 35.9 Å². The molecule has 1 aromatic heterocycles. The molecule has 0 aliphatic carbocycles. The standard InChI is InChI=1S/C25H20N2O3/c1-17-7-9-18(10-8-17)24(28)27(2)19-11-13-20(14-12-19)30-25(29)22-15-16-26-23-6-4-3-5-21(22)23/h3-16H,1-2H3. The van der Waals surface area contributed by atoms with E-state index < -0.39 is 5.97 Å². The van der Waals surface area contributed by atoms with E-state index in [-0.39, 0.29) is 5.91 Å². The highest BCUT2D eigenvalue weighted by molar-refractivity contribution is 6.06. The fraction of sp³-hybridized carbons (Fsp3) is 0.0800. The average molecular weight is 396 g/mol. The molecule has 4 rings (SSSR count). The SMILES string of the molecule is Cc1ccc(C(=O)N(C)c2ccc(OC(=O)c3ccnc4ccccc34)cc2)cc1. The molecule has 0 radical (unpaired) electrons. The van der Waals surface area contributed by atoms with Gasteiger partial charge in [0.25, 0.3) is 5.91 Å². The molecule has 1 heterocycles. The van der Waals surface area contributed by atoms with Crippen molar-refractivity contribution >= 4 is 28.5 Å². The smallest absolute Gasteiger partial charge is 0.344 e. The second-order valence-corrected chi connectivity index (χ2v) is 6.99. The number of esters is 1. The normalized spacial score (nSPS) is 10.6. The Hall–Kier alpha value is -3.99. The monoisotopic (exact) mass is 396 g/mol. The second kappa shape index (κ2) is 8.17. The molecule has 0 bridgehead atoms. The van der Waals surface area contributed by atoms with Crippen LogP contribution in [-0.2, 0) is 0 Å². The van der Waals surface area contributed by atoms with E-state index in [1.54, 1.807) is 48.5 Å². The highest BCUT2D eigenvalue weighted by Gasteiger charge is 2.15. The van der Waals surface area contributed by atoms with Crippen LogP contribution in [0.3, 0.4) is 0 Å². The molecule has 4 aromatic rings. The zero-order valence-corrected chi connectivity index (χ0v) is 16.7. The summed E-state index contributed by atoms with van der Waals surface area (Å²) in [6.45, 7) is 1.98. The zero-order chi connectivity index (χ0) is 21.1. The van der Waals surface area contributed by atoms with Crippen molar-refractivity contribution in [1.82, 2.24) is 4.98 Å². The van der Waals surface area contributed by atoms with Crippen molar-refractivity contribution in [2.75, 3.05) is 11.9 Å². The van der Waals surface area contributed by atoms with Crippen molar-refractivity contribution in [3.63, 3.8) is 0 Å². The summed E-state index contributed by atoms with van der Waals surface area (Å²) in [6.07, 6.45) is 1.59. The first kappa shape index (κ1) is 19.3. The van der Waals surface area contributed by atoms with E-state index >= 15 is 0 Å². The van der Waals surface area contributed by atoms with Crippen molar-refractivity contribution < 1.29 is 14.3 Å². The lowest BCUT2D eigenvalue weighted by atomic mass is 10.1. The highest BCUT2D eigenvalue weighted by atomic mass is 16.5. The predicted octanol–water partition coefficient (Wildman–Crippen LogP) is 5.04. The van der Waals surface area contributed by atoms with Crippen LogP contribution in [0.1, 0.15) is 26.3 Å². The number of fused-ring (bicyclic) bond motifs is 1. The Morgan fingerprint density at radius 2 is 1.57 bits per heavy atom. The molecule has 0 spiro atoms. The molecule has 0 N–H and O–H groups in total. The fourth-order valence-corrected chi connectivity index (χ4v) is 3.18. The molecule has 5 heteroatoms. The Kier molecular flexibility index (Phi) is 5.26. The van der Waals surface area contributed by atoms with Gasteiger partial charge in [0, 0.05) is 29.9 Å². The second-order valence-electron chi connectivity index (χ2n) is 6.99. The van der Waals surface area contributed by atoms with Crippen LogP contribution in [0.15, 0.2) is 85.1 Å². The van der Waals surface area contributed by atoms with E-state index in [1.807, 2.05) is 55.5 Å². The van der Waals surface area contributed by atoms with Gasteiger partial charge in [0.2, 0.25) is 0 Å². The first-order valence-electron chi connectivity index (χ1n) is 9.53. The maximum Gasteiger partial charge on any atom is 0.344 e. The lowest BCUT2D eigenvalue weighted by molar-refractivity contribution is 0.0736. The van der Waals surface area contributed by atoms with Crippen LogP contribution < -0.4 is 9.64 Å². The van der Waals surface area contributed by atoms with E-state index in [4.69, 9.17) is 4.74 Å². The van der Waals surface area contributed by atoms with E-state index in [9.17, 15) is 9.59 Å². The Bertz CT molecular complexity index is 1210. The van der Waals surface area contributed by atoms with Crippen LogP contribution in [0.4, 0.5) is 5.69 Å². The number of carbonyl (C=O) groups excluding carboxylic acids is 2. The van der Waals surface area contributed by atoms with Crippen LogP contribution >= 0.6 is 0 Å². The minimum atomic E-state index is -0.453. The van der Waals surface area contributed by atoms with E-state index in [2.05, 4.69) is 4.98 Å². The van der Waals surface area contributed by atoms with Gasteiger partial charge in [-0.25, -0.2) is 4.79 Å².